The first-order valence-corrected chi connectivity index (χ1v) is 6.64. The van der Waals surface area contributed by atoms with Gasteiger partial charge in [0.1, 0.15) is 0 Å². The van der Waals surface area contributed by atoms with E-state index in [1.165, 1.54) is 0 Å². The van der Waals surface area contributed by atoms with E-state index in [1.807, 2.05) is 13.0 Å². The van der Waals surface area contributed by atoms with Gasteiger partial charge in [0.25, 0.3) is 5.91 Å². The maximum absolute atomic E-state index is 11.8. The van der Waals surface area contributed by atoms with Crippen molar-refractivity contribution < 1.29 is 14.7 Å². The SMILES string of the molecule is Cc1ccc(C(=O)NCCCCCC(=O)O)c(Cl)c1. The maximum Gasteiger partial charge on any atom is 0.303 e. The molecule has 1 amide bonds. The summed E-state index contributed by atoms with van der Waals surface area (Å²) in [4.78, 5) is 22.1. The summed E-state index contributed by atoms with van der Waals surface area (Å²) in [6.45, 7) is 2.44. The zero-order chi connectivity index (χ0) is 14.3. The third-order valence-electron chi connectivity index (χ3n) is 2.72. The predicted octanol–water partition coefficient (Wildman–Crippen LogP) is 3.02. The van der Waals surface area contributed by atoms with Gasteiger partial charge in [0.2, 0.25) is 0 Å². The van der Waals surface area contributed by atoms with Crippen LogP contribution in [0.2, 0.25) is 5.02 Å². The number of carboxylic acids is 1. The summed E-state index contributed by atoms with van der Waals surface area (Å²) in [6, 6.07) is 5.30. The van der Waals surface area contributed by atoms with Crippen LogP contribution in [0.5, 0.6) is 0 Å². The summed E-state index contributed by atoms with van der Waals surface area (Å²) in [5.41, 5.74) is 1.48. The second kappa shape index (κ2) is 7.79. The average molecular weight is 284 g/mol. The van der Waals surface area contributed by atoms with Crippen molar-refractivity contribution in [3.8, 4) is 0 Å². The number of nitrogens with one attached hydrogen (secondary N) is 1. The normalized spacial score (nSPS) is 10.2. The lowest BCUT2D eigenvalue weighted by Gasteiger charge is -2.07. The van der Waals surface area contributed by atoms with Gasteiger partial charge < -0.3 is 10.4 Å². The highest BCUT2D eigenvalue weighted by molar-refractivity contribution is 6.33. The molecule has 104 valence electrons. The average Bonchev–Trinajstić information content (AvgIpc) is 2.32. The lowest BCUT2D eigenvalue weighted by Crippen LogP contribution is -2.24. The van der Waals surface area contributed by atoms with E-state index in [4.69, 9.17) is 16.7 Å². The Hall–Kier alpha value is -1.55. The largest absolute Gasteiger partial charge is 0.481 e. The molecule has 0 aliphatic heterocycles. The number of aryl methyl sites for hydroxylation is 1. The Morgan fingerprint density at radius 2 is 2.00 bits per heavy atom. The second-order valence-corrected chi connectivity index (χ2v) is 4.85. The van der Waals surface area contributed by atoms with Crippen LogP contribution in [0.3, 0.4) is 0 Å². The first kappa shape index (κ1) is 15.5. The molecule has 4 nitrogen and oxygen atoms in total. The van der Waals surface area contributed by atoms with Crippen molar-refractivity contribution in [3.05, 3.63) is 34.3 Å². The molecule has 19 heavy (non-hydrogen) atoms. The molecule has 0 aliphatic rings. The summed E-state index contributed by atoms with van der Waals surface area (Å²) >= 11 is 6.00. The van der Waals surface area contributed by atoms with Crippen LogP contribution in [0.4, 0.5) is 0 Å². The van der Waals surface area contributed by atoms with Gasteiger partial charge in [-0.15, -0.1) is 0 Å². The minimum atomic E-state index is -0.782. The van der Waals surface area contributed by atoms with E-state index in [9.17, 15) is 9.59 Å². The second-order valence-electron chi connectivity index (χ2n) is 4.44. The Morgan fingerprint density at radius 3 is 2.63 bits per heavy atom. The Kier molecular flexibility index (Phi) is 6.36. The Balaban J connectivity index is 2.29. The van der Waals surface area contributed by atoms with Crippen molar-refractivity contribution in [2.75, 3.05) is 6.54 Å². The number of unbranched alkanes of at least 4 members (excludes halogenated alkanes) is 2. The molecular weight excluding hydrogens is 266 g/mol. The van der Waals surface area contributed by atoms with Crippen molar-refractivity contribution in [3.63, 3.8) is 0 Å². The fraction of sp³-hybridized carbons (Fsp3) is 0.429. The van der Waals surface area contributed by atoms with Gasteiger partial charge in [0.05, 0.1) is 10.6 Å². The number of amides is 1. The number of carbonyl (C=O) groups is 2. The smallest absolute Gasteiger partial charge is 0.303 e. The number of hydrogen-bond acceptors (Lipinski definition) is 2. The monoisotopic (exact) mass is 283 g/mol. The summed E-state index contributed by atoms with van der Waals surface area (Å²) in [6.07, 6.45) is 2.37. The highest BCUT2D eigenvalue weighted by atomic mass is 35.5. The number of carbonyl (C=O) groups excluding carboxylic acids is 1. The van der Waals surface area contributed by atoms with Gasteiger partial charge >= 0.3 is 5.97 Å². The third-order valence-corrected chi connectivity index (χ3v) is 3.03. The van der Waals surface area contributed by atoms with E-state index >= 15 is 0 Å². The van der Waals surface area contributed by atoms with Crippen molar-refractivity contribution >= 4 is 23.5 Å². The van der Waals surface area contributed by atoms with Crippen LogP contribution < -0.4 is 5.32 Å². The first-order chi connectivity index (χ1) is 9.00. The standard InChI is InChI=1S/C14H18ClNO3/c1-10-6-7-11(12(15)9-10)14(19)16-8-4-2-3-5-13(17)18/h6-7,9H,2-5,8H2,1H3,(H,16,19)(H,17,18). The van der Waals surface area contributed by atoms with Crippen LogP contribution in [0.1, 0.15) is 41.6 Å². The van der Waals surface area contributed by atoms with Crippen LogP contribution in [0.25, 0.3) is 0 Å². The molecule has 0 saturated heterocycles. The minimum Gasteiger partial charge on any atom is -0.481 e. The fourth-order valence-electron chi connectivity index (χ4n) is 1.68. The Bertz CT molecular complexity index is 460. The molecule has 0 aromatic heterocycles. The third kappa shape index (κ3) is 5.75. The number of carboxylic acid groups (broad SMARTS) is 1. The van der Waals surface area contributed by atoms with Gasteiger partial charge in [-0.3, -0.25) is 9.59 Å². The van der Waals surface area contributed by atoms with E-state index in [2.05, 4.69) is 5.32 Å². The van der Waals surface area contributed by atoms with Crippen LogP contribution in [-0.4, -0.2) is 23.5 Å². The molecule has 2 N–H and O–H groups in total. The van der Waals surface area contributed by atoms with Gasteiger partial charge in [0.15, 0.2) is 0 Å². The minimum absolute atomic E-state index is 0.178. The predicted molar refractivity (Wildman–Crippen MR) is 74.6 cm³/mol. The molecule has 1 aromatic carbocycles. The van der Waals surface area contributed by atoms with E-state index in [-0.39, 0.29) is 12.3 Å². The summed E-state index contributed by atoms with van der Waals surface area (Å²) in [7, 11) is 0. The number of halogens is 1. The van der Waals surface area contributed by atoms with E-state index in [0.29, 0.717) is 23.6 Å². The van der Waals surface area contributed by atoms with E-state index in [0.717, 1.165) is 18.4 Å². The van der Waals surface area contributed by atoms with Crippen molar-refractivity contribution in [2.24, 2.45) is 0 Å². The molecule has 0 bridgehead atoms. The van der Waals surface area contributed by atoms with Gasteiger partial charge in [-0.25, -0.2) is 0 Å². The summed E-state index contributed by atoms with van der Waals surface area (Å²) < 4.78 is 0. The molecule has 0 heterocycles. The van der Waals surface area contributed by atoms with E-state index < -0.39 is 5.97 Å². The molecule has 1 aromatic rings. The summed E-state index contributed by atoms with van der Waals surface area (Å²) in [5, 5.41) is 11.7. The molecule has 0 atom stereocenters. The molecule has 0 saturated carbocycles. The van der Waals surface area contributed by atoms with Gasteiger partial charge in [-0.2, -0.15) is 0 Å². The van der Waals surface area contributed by atoms with Gasteiger partial charge in [-0.05, 0) is 37.5 Å². The maximum atomic E-state index is 11.8. The highest BCUT2D eigenvalue weighted by Gasteiger charge is 2.09. The number of hydrogen-bond donors (Lipinski definition) is 2. The molecule has 0 fully saturated rings. The van der Waals surface area contributed by atoms with Crippen molar-refractivity contribution in [2.45, 2.75) is 32.6 Å². The van der Waals surface area contributed by atoms with Gasteiger partial charge in [-0.1, -0.05) is 24.1 Å². The molecule has 0 aliphatic carbocycles. The molecule has 0 unspecified atom stereocenters. The van der Waals surface area contributed by atoms with Crippen molar-refractivity contribution in [1.29, 1.82) is 0 Å². The zero-order valence-electron chi connectivity index (χ0n) is 10.9. The quantitative estimate of drug-likeness (QED) is 0.756. The van der Waals surface area contributed by atoms with Crippen LogP contribution in [0, 0.1) is 6.92 Å². The number of rotatable bonds is 7. The molecule has 5 heteroatoms. The topological polar surface area (TPSA) is 66.4 Å². The van der Waals surface area contributed by atoms with Gasteiger partial charge in [0, 0.05) is 13.0 Å². The lowest BCUT2D eigenvalue weighted by atomic mass is 10.1. The Labute approximate surface area is 117 Å². The van der Waals surface area contributed by atoms with Crippen LogP contribution in [0.15, 0.2) is 18.2 Å². The zero-order valence-corrected chi connectivity index (χ0v) is 11.7. The fourth-order valence-corrected chi connectivity index (χ4v) is 2.00. The van der Waals surface area contributed by atoms with Crippen LogP contribution >= 0.6 is 11.6 Å². The summed E-state index contributed by atoms with van der Waals surface area (Å²) in [5.74, 6) is -0.973. The number of aliphatic carboxylic acids is 1. The molecule has 0 spiro atoms. The number of benzene rings is 1. The first-order valence-electron chi connectivity index (χ1n) is 6.27. The molecule has 0 radical (unpaired) electrons. The Morgan fingerprint density at radius 1 is 1.26 bits per heavy atom. The van der Waals surface area contributed by atoms with Crippen LogP contribution in [-0.2, 0) is 4.79 Å². The van der Waals surface area contributed by atoms with Crippen molar-refractivity contribution in [1.82, 2.24) is 5.32 Å². The van der Waals surface area contributed by atoms with E-state index in [1.54, 1.807) is 12.1 Å². The highest BCUT2D eigenvalue weighted by Crippen LogP contribution is 2.17. The lowest BCUT2D eigenvalue weighted by molar-refractivity contribution is -0.137. The molecular formula is C14H18ClNO3. The molecule has 1 rings (SSSR count).